The molecule has 0 atom stereocenters. The zero-order valence-corrected chi connectivity index (χ0v) is 18.0. The van der Waals surface area contributed by atoms with Crippen LogP contribution in [0.25, 0.3) is 28.3 Å². The zero-order chi connectivity index (χ0) is 21.8. The maximum atomic E-state index is 13.4. The maximum Gasteiger partial charge on any atom is 0.265 e. The second kappa shape index (κ2) is 6.92. The topological polar surface area (TPSA) is 93.6 Å². The molecule has 156 valence electrons. The van der Waals surface area contributed by atoms with E-state index < -0.39 is 10.0 Å². The predicted octanol–water partition coefficient (Wildman–Crippen LogP) is 3.98. The smallest absolute Gasteiger partial charge is 0.265 e. The Labute approximate surface area is 178 Å². The zero-order valence-electron chi connectivity index (χ0n) is 17.1. The fourth-order valence-corrected chi connectivity index (χ4v) is 4.72. The Morgan fingerprint density at radius 3 is 2.52 bits per heavy atom. The molecule has 9 heteroatoms. The summed E-state index contributed by atoms with van der Waals surface area (Å²) in [5.74, 6) is 1.17. The van der Waals surface area contributed by atoms with Crippen molar-refractivity contribution in [1.82, 2.24) is 19.6 Å². The minimum absolute atomic E-state index is 0.183. The highest BCUT2D eigenvalue weighted by molar-refractivity contribution is 7.92. The number of nitrogens with zero attached hydrogens (tertiary/aromatic N) is 5. The Morgan fingerprint density at radius 2 is 1.77 bits per heavy atom. The van der Waals surface area contributed by atoms with E-state index in [1.165, 1.54) is 7.05 Å². The predicted molar refractivity (Wildman–Crippen MR) is 117 cm³/mol. The highest BCUT2D eigenvalue weighted by Gasteiger charge is 2.27. The summed E-state index contributed by atoms with van der Waals surface area (Å²) >= 11 is 0. The van der Waals surface area contributed by atoms with E-state index in [-0.39, 0.29) is 10.7 Å². The molecule has 2 aromatic carbocycles. The van der Waals surface area contributed by atoms with Gasteiger partial charge in [-0.2, -0.15) is 0 Å². The molecular weight excluding hydrogens is 414 g/mol. The molecule has 31 heavy (non-hydrogen) atoms. The molecule has 5 rings (SSSR count). The van der Waals surface area contributed by atoms with Crippen LogP contribution < -0.4 is 4.31 Å². The number of furan rings is 1. The van der Waals surface area contributed by atoms with Crippen molar-refractivity contribution in [2.75, 3.05) is 11.4 Å². The van der Waals surface area contributed by atoms with Crippen molar-refractivity contribution in [3.05, 3.63) is 72.0 Å². The summed E-state index contributed by atoms with van der Waals surface area (Å²) < 4.78 is 35.3. The van der Waals surface area contributed by atoms with Gasteiger partial charge < -0.3 is 4.42 Å². The van der Waals surface area contributed by atoms with Crippen molar-refractivity contribution in [2.24, 2.45) is 0 Å². The molecule has 0 aliphatic rings. The van der Waals surface area contributed by atoms with Gasteiger partial charge >= 0.3 is 0 Å². The highest BCUT2D eigenvalue weighted by atomic mass is 32.2. The molecule has 0 fully saturated rings. The third-order valence-electron chi connectivity index (χ3n) is 5.39. The van der Waals surface area contributed by atoms with Gasteiger partial charge in [-0.05, 0) is 61.4 Å². The molecule has 0 aliphatic carbocycles. The van der Waals surface area contributed by atoms with E-state index in [2.05, 4.69) is 15.2 Å². The van der Waals surface area contributed by atoms with E-state index in [1.807, 2.05) is 38.1 Å². The van der Waals surface area contributed by atoms with Gasteiger partial charge in [-0.3, -0.25) is 4.40 Å². The van der Waals surface area contributed by atoms with Crippen LogP contribution in [0.15, 0.2) is 70.2 Å². The summed E-state index contributed by atoms with van der Waals surface area (Å²) in [6, 6.07) is 16.0. The van der Waals surface area contributed by atoms with Crippen LogP contribution in [-0.4, -0.2) is 35.0 Å². The first kappa shape index (κ1) is 19.3. The lowest BCUT2D eigenvalue weighted by atomic mass is 10.1. The van der Waals surface area contributed by atoms with Crippen LogP contribution in [0, 0.1) is 13.8 Å². The lowest BCUT2D eigenvalue weighted by molar-refractivity contribution is 0.576. The van der Waals surface area contributed by atoms with E-state index in [1.54, 1.807) is 41.0 Å². The fraction of sp³-hybridized carbons (Fsp3) is 0.136. The number of aromatic nitrogens is 4. The number of fused-ring (bicyclic) bond motifs is 3. The summed E-state index contributed by atoms with van der Waals surface area (Å²) in [4.78, 5) is 4.81. The van der Waals surface area contributed by atoms with Gasteiger partial charge in [0, 0.05) is 7.05 Å². The van der Waals surface area contributed by atoms with Crippen LogP contribution in [0.2, 0.25) is 0 Å². The van der Waals surface area contributed by atoms with Crippen LogP contribution in [0.4, 0.5) is 5.82 Å². The lowest BCUT2D eigenvalue weighted by Crippen LogP contribution is -2.28. The van der Waals surface area contributed by atoms with Gasteiger partial charge in [-0.15, -0.1) is 10.2 Å². The Hall–Kier alpha value is -3.72. The van der Waals surface area contributed by atoms with Gasteiger partial charge in [-0.25, -0.2) is 17.7 Å². The molecular formula is C22H19N5O3S. The average molecular weight is 433 g/mol. The van der Waals surface area contributed by atoms with Crippen molar-refractivity contribution in [2.45, 2.75) is 18.7 Å². The molecule has 8 nitrogen and oxygen atoms in total. The number of benzene rings is 2. The summed E-state index contributed by atoms with van der Waals surface area (Å²) in [7, 11) is -2.39. The van der Waals surface area contributed by atoms with Gasteiger partial charge in [0.2, 0.25) is 11.5 Å². The summed E-state index contributed by atoms with van der Waals surface area (Å²) in [6.07, 6.45) is 1.55. The lowest BCUT2D eigenvalue weighted by Gasteiger charge is -2.20. The molecule has 5 aromatic rings. The number of aryl methyl sites for hydroxylation is 2. The van der Waals surface area contributed by atoms with Crippen molar-refractivity contribution in [1.29, 1.82) is 0 Å². The normalized spacial score (nSPS) is 12.0. The van der Waals surface area contributed by atoms with Crippen molar-refractivity contribution >= 4 is 32.5 Å². The largest absolute Gasteiger partial charge is 0.461 e. The first-order chi connectivity index (χ1) is 14.9. The number of hydrogen-bond acceptors (Lipinski definition) is 6. The van der Waals surface area contributed by atoms with Crippen LogP contribution >= 0.6 is 0 Å². The Bertz CT molecular complexity index is 1540. The number of sulfonamides is 1. The third kappa shape index (κ3) is 2.97. The molecule has 3 heterocycles. The van der Waals surface area contributed by atoms with E-state index in [0.717, 1.165) is 20.9 Å². The summed E-state index contributed by atoms with van der Waals surface area (Å²) in [5.41, 5.74) is 3.59. The molecule has 0 saturated heterocycles. The van der Waals surface area contributed by atoms with Gasteiger partial charge in [-0.1, -0.05) is 18.2 Å². The van der Waals surface area contributed by atoms with Gasteiger partial charge in [0.15, 0.2) is 11.6 Å². The summed E-state index contributed by atoms with van der Waals surface area (Å²) in [5, 5.41) is 8.54. The quantitative estimate of drug-likeness (QED) is 0.426. The standard InChI is InChI=1S/C22H19N5O3S/c1-14-10-11-16(13-15(14)2)31(28,29)26(3)21-22-25-24-20(19-9-6-12-30-19)27(22)18-8-5-4-7-17(18)23-21/h4-13H,1-3H3. The Balaban J connectivity index is 1.77. The SMILES string of the molecule is Cc1ccc(S(=O)(=O)N(C)c2nc3ccccc3n3c(-c4ccco4)nnc23)cc1C. The molecule has 0 unspecified atom stereocenters. The molecule has 0 amide bonds. The van der Waals surface area contributed by atoms with E-state index >= 15 is 0 Å². The first-order valence-electron chi connectivity index (χ1n) is 9.62. The van der Waals surface area contributed by atoms with Crippen LogP contribution in [0.1, 0.15) is 11.1 Å². The maximum absolute atomic E-state index is 13.4. The van der Waals surface area contributed by atoms with E-state index in [9.17, 15) is 8.42 Å². The molecule has 0 bridgehead atoms. The number of anilines is 1. The number of rotatable bonds is 4. The second-order valence-corrected chi connectivity index (χ2v) is 9.27. The Kier molecular flexibility index (Phi) is 4.30. The second-order valence-electron chi connectivity index (χ2n) is 7.30. The van der Waals surface area contributed by atoms with Crippen LogP contribution in [-0.2, 0) is 10.0 Å². The first-order valence-corrected chi connectivity index (χ1v) is 11.1. The van der Waals surface area contributed by atoms with Crippen LogP contribution in [0.3, 0.4) is 0 Å². The van der Waals surface area contributed by atoms with Crippen LogP contribution in [0.5, 0.6) is 0 Å². The minimum atomic E-state index is -3.87. The van der Waals surface area contributed by atoms with Crippen molar-refractivity contribution in [3.8, 4) is 11.6 Å². The van der Waals surface area contributed by atoms with E-state index in [4.69, 9.17) is 4.42 Å². The molecule has 3 aromatic heterocycles. The summed E-state index contributed by atoms with van der Waals surface area (Å²) in [6.45, 7) is 3.82. The van der Waals surface area contributed by atoms with Gasteiger partial charge in [0.05, 0.1) is 22.2 Å². The van der Waals surface area contributed by atoms with Gasteiger partial charge in [0.25, 0.3) is 10.0 Å². The van der Waals surface area contributed by atoms with Gasteiger partial charge in [0.1, 0.15) is 0 Å². The molecule has 0 saturated carbocycles. The average Bonchev–Trinajstić information content (AvgIpc) is 3.44. The molecule has 0 aliphatic heterocycles. The fourth-order valence-electron chi connectivity index (χ4n) is 3.49. The van der Waals surface area contributed by atoms with Crippen molar-refractivity contribution in [3.63, 3.8) is 0 Å². The molecule has 0 radical (unpaired) electrons. The monoisotopic (exact) mass is 433 g/mol. The van der Waals surface area contributed by atoms with E-state index in [0.29, 0.717) is 22.7 Å². The number of para-hydroxylation sites is 2. The minimum Gasteiger partial charge on any atom is -0.461 e. The highest BCUT2D eigenvalue weighted by Crippen LogP contribution is 2.31. The number of hydrogen-bond donors (Lipinski definition) is 0. The molecule has 0 spiro atoms. The third-order valence-corrected chi connectivity index (χ3v) is 7.13. The van der Waals surface area contributed by atoms with Crippen molar-refractivity contribution < 1.29 is 12.8 Å². The Morgan fingerprint density at radius 1 is 0.968 bits per heavy atom. The molecule has 0 N–H and O–H groups in total.